The minimum Gasteiger partial charge on any atom is -0.337 e. The van der Waals surface area contributed by atoms with E-state index < -0.39 is 5.56 Å². The molecule has 0 saturated carbocycles. The first kappa shape index (κ1) is 13.0. The van der Waals surface area contributed by atoms with Crippen LogP contribution in [0.2, 0.25) is 0 Å². The second-order valence-electron chi connectivity index (χ2n) is 4.41. The topological polar surface area (TPSA) is 94.7 Å². The Kier molecular flexibility index (Phi) is 3.46. The van der Waals surface area contributed by atoms with Crippen molar-refractivity contribution >= 4 is 5.91 Å². The molecule has 2 rings (SSSR count). The van der Waals surface area contributed by atoms with Gasteiger partial charge in [0.2, 0.25) is 0 Å². The van der Waals surface area contributed by atoms with Gasteiger partial charge in [-0.25, -0.2) is 5.10 Å². The van der Waals surface area contributed by atoms with E-state index in [-0.39, 0.29) is 11.5 Å². The van der Waals surface area contributed by atoms with Crippen molar-refractivity contribution in [2.75, 3.05) is 7.05 Å². The molecule has 0 atom stereocenters. The van der Waals surface area contributed by atoms with Crippen LogP contribution in [-0.2, 0) is 6.54 Å². The first-order valence-electron chi connectivity index (χ1n) is 5.79. The van der Waals surface area contributed by atoms with E-state index in [2.05, 4.69) is 20.4 Å². The van der Waals surface area contributed by atoms with Gasteiger partial charge in [0.25, 0.3) is 11.5 Å². The third kappa shape index (κ3) is 2.54. The lowest BCUT2D eigenvalue weighted by atomic mass is 10.1. The third-order valence-corrected chi connectivity index (χ3v) is 3.01. The molecule has 7 heteroatoms. The van der Waals surface area contributed by atoms with E-state index in [9.17, 15) is 9.59 Å². The summed E-state index contributed by atoms with van der Waals surface area (Å²) >= 11 is 0. The molecule has 0 fully saturated rings. The predicted molar refractivity (Wildman–Crippen MR) is 68.7 cm³/mol. The molecule has 0 spiro atoms. The van der Waals surface area contributed by atoms with Crippen LogP contribution in [-0.4, -0.2) is 38.2 Å². The van der Waals surface area contributed by atoms with Crippen LogP contribution in [0.4, 0.5) is 0 Å². The minimum absolute atomic E-state index is 0.137. The lowest BCUT2D eigenvalue weighted by molar-refractivity contribution is 0.0782. The number of nitrogens with zero attached hydrogens (tertiary/aromatic N) is 3. The summed E-state index contributed by atoms with van der Waals surface area (Å²) in [5, 5.41) is 12.7. The zero-order valence-electron chi connectivity index (χ0n) is 11.0. The van der Waals surface area contributed by atoms with Gasteiger partial charge in [0.05, 0.1) is 11.9 Å². The van der Waals surface area contributed by atoms with Crippen molar-refractivity contribution in [3.05, 3.63) is 45.1 Å². The molecule has 0 saturated heterocycles. The Morgan fingerprint density at radius 2 is 2.16 bits per heavy atom. The average molecular weight is 261 g/mol. The maximum Gasteiger partial charge on any atom is 0.277 e. The SMILES string of the molecule is Cc1n[nH]c(=O)c(C(=O)N(C)Cc2cn[nH]c2)c1C. The van der Waals surface area contributed by atoms with Crippen LogP contribution in [0.1, 0.15) is 27.2 Å². The van der Waals surface area contributed by atoms with Crippen molar-refractivity contribution < 1.29 is 4.79 Å². The van der Waals surface area contributed by atoms with E-state index in [0.29, 0.717) is 17.8 Å². The van der Waals surface area contributed by atoms with Gasteiger partial charge >= 0.3 is 0 Å². The second-order valence-corrected chi connectivity index (χ2v) is 4.41. The Morgan fingerprint density at radius 3 is 2.79 bits per heavy atom. The molecular formula is C12H15N5O2. The molecule has 0 aliphatic carbocycles. The highest BCUT2D eigenvalue weighted by atomic mass is 16.2. The summed E-state index contributed by atoms with van der Waals surface area (Å²) in [6, 6.07) is 0. The van der Waals surface area contributed by atoms with Gasteiger partial charge in [-0.05, 0) is 19.4 Å². The number of nitrogens with one attached hydrogen (secondary N) is 2. The summed E-state index contributed by atoms with van der Waals surface area (Å²) in [6.07, 6.45) is 3.34. The fourth-order valence-electron chi connectivity index (χ4n) is 1.78. The van der Waals surface area contributed by atoms with Gasteiger partial charge in [0.15, 0.2) is 0 Å². The first-order chi connectivity index (χ1) is 9.00. The number of carbonyl (C=O) groups excluding carboxylic acids is 1. The summed E-state index contributed by atoms with van der Waals surface area (Å²) in [4.78, 5) is 25.5. The number of hydrogen-bond acceptors (Lipinski definition) is 4. The monoisotopic (exact) mass is 261 g/mol. The fraction of sp³-hybridized carbons (Fsp3) is 0.333. The first-order valence-corrected chi connectivity index (χ1v) is 5.79. The Hall–Kier alpha value is -2.44. The van der Waals surface area contributed by atoms with Gasteiger partial charge < -0.3 is 4.90 Å². The third-order valence-electron chi connectivity index (χ3n) is 3.01. The number of hydrogen-bond donors (Lipinski definition) is 2. The van der Waals surface area contributed by atoms with Crippen molar-refractivity contribution in [1.82, 2.24) is 25.3 Å². The Balaban J connectivity index is 2.29. The molecular weight excluding hydrogens is 246 g/mol. The van der Waals surface area contributed by atoms with Crippen molar-refractivity contribution in [3.63, 3.8) is 0 Å². The summed E-state index contributed by atoms with van der Waals surface area (Å²) < 4.78 is 0. The second kappa shape index (κ2) is 5.05. The lowest BCUT2D eigenvalue weighted by Crippen LogP contribution is -2.33. The summed E-state index contributed by atoms with van der Waals surface area (Å²) in [7, 11) is 1.64. The van der Waals surface area contributed by atoms with Crippen LogP contribution < -0.4 is 5.56 Å². The number of aromatic nitrogens is 4. The molecule has 0 bridgehead atoms. The number of rotatable bonds is 3. The van der Waals surface area contributed by atoms with Gasteiger partial charge in [-0.1, -0.05) is 0 Å². The fourth-order valence-corrected chi connectivity index (χ4v) is 1.78. The molecule has 0 aliphatic rings. The predicted octanol–water partition coefficient (Wildman–Crippen LogP) is 0.382. The zero-order chi connectivity index (χ0) is 14.0. The molecule has 100 valence electrons. The highest BCUT2D eigenvalue weighted by Crippen LogP contribution is 2.09. The zero-order valence-corrected chi connectivity index (χ0v) is 11.0. The highest BCUT2D eigenvalue weighted by molar-refractivity contribution is 5.95. The normalized spacial score (nSPS) is 10.5. The van der Waals surface area contributed by atoms with E-state index in [1.165, 1.54) is 4.90 Å². The molecule has 7 nitrogen and oxygen atoms in total. The molecule has 0 unspecified atom stereocenters. The number of carbonyl (C=O) groups is 1. The van der Waals surface area contributed by atoms with E-state index in [4.69, 9.17) is 0 Å². The van der Waals surface area contributed by atoms with Crippen molar-refractivity contribution in [1.29, 1.82) is 0 Å². The van der Waals surface area contributed by atoms with Crippen LogP contribution >= 0.6 is 0 Å². The average Bonchev–Trinajstić information content (AvgIpc) is 2.87. The highest BCUT2D eigenvalue weighted by Gasteiger charge is 2.20. The van der Waals surface area contributed by atoms with Crippen LogP contribution in [0.5, 0.6) is 0 Å². The van der Waals surface area contributed by atoms with Crippen molar-refractivity contribution in [2.24, 2.45) is 0 Å². The maximum atomic E-state index is 12.3. The molecule has 2 heterocycles. The van der Waals surface area contributed by atoms with Gasteiger partial charge in [-0.3, -0.25) is 14.7 Å². The standard InChI is InChI=1S/C12H15N5O2/c1-7-8(2)15-16-11(18)10(7)12(19)17(3)6-9-4-13-14-5-9/h4-5H,6H2,1-3H3,(H,13,14)(H,16,18). The Bertz CT molecular complexity index is 645. The van der Waals surface area contributed by atoms with Crippen molar-refractivity contribution in [2.45, 2.75) is 20.4 Å². The quantitative estimate of drug-likeness (QED) is 0.835. The smallest absolute Gasteiger partial charge is 0.277 e. The molecule has 0 aliphatic heterocycles. The molecule has 0 radical (unpaired) electrons. The minimum atomic E-state index is -0.466. The van der Waals surface area contributed by atoms with Crippen molar-refractivity contribution in [3.8, 4) is 0 Å². The molecule has 0 aromatic carbocycles. The number of H-pyrrole nitrogens is 2. The number of amides is 1. The lowest BCUT2D eigenvalue weighted by Gasteiger charge is -2.17. The molecule has 2 aromatic rings. The molecule has 19 heavy (non-hydrogen) atoms. The van der Waals surface area contributed by atoms with Crippen LogP contribution in [0.3, 0.4) is 0 Å². The van der Waals surface area contributed by atoms with E-state index >= 15 is 0 Å². The van der Waals surface area contributed by atoms with Crippen LogP contribution in [0.25, 0.3) is 0 Å². The van der Waals surface area contributed by atoms with Crippen LogP contribution in [0.15, 0.2) is 17.2 Å². The van der Waals surface area contributed by atoms with Gasteiger partial charge in [-0.15, -0.1) is 0 Å². The van der Waals surface area contributed by atoms with E-state index in [1.54, 1.807) is 33.3 Å². The van der Waals surface area contributed by atoms with E-state index in [1.807, 2.05) is 0 Å². The number of aromatic amines is 2. The molecule has 2 N–H and O–H groups in total. The Morgan fingerprint density at radius 1 is 1.42 bits per heavy atom. The summed E-state index contributed by atoms with van der Waals surface area (Å²) in [6.45, 7) is 3.85. The van der Waals surface area contributed by atoms with Gasteiger partial charge in [0, 0.05) is 25.4 Å². The molecule has 1 amide bonds. The van der Waals surface area contributed by atoms with Crippen LogP contribution in [0, 0.1) is 13.8 Å². The summed E-state index contributed by atoms with van der Waals surface area (Å²) in [5.41, 5.74) is 1.79. The summed E-state index contributed by atoms with van der Waals surface area (Å²) in [5.74, 6) is -0.328. The van der Waals surface area contributed by atoms with E-state index in [0.717, 1.165) is 5.56 Å². The Labute approximate surface area is 109 Å². The van der Waals surface area contributed by atoms with Gasteiger partial charge in [-0.2, -0.15) is 10.2 Å². The number of aryl methyl sites for hydroxylation is 1. The van der Waals surface area contributed by atoms with Gasteiger partial charge in [0.1, 0.15) is 5.56 Å². The maximum absolute atomic E-state index is 12.3. The molecule has 2 aromatic heterocycles. The largest absolute Gasteiger partial charge is 0.337 e.